The van der Waals surface area contributed by atoms with Crippen molar-refractivity contribution in [2.45, 2.75) is 25.8 Å². The zero-order valence-corrected chi connectivity index (χ0v) is 17.3. The van der Waals surface area contributed by atoms with E-state index in [0.717, 1.165) is 5.56 Å². The lowest BCUT2D eigenvalue weighted by atomic mass is 10.00. The molecular formula is C21H19Cl2N3O3. The van der Waals surface area contributed by atoms with E-state index in [0.29, 0.717) is 26.5 Å². The van der Waals surface area contributed by atoms with Gasteiger partial charge in [-0.15, -0.1) is 0 Å². The second-order valence-electron chi connectivity index (χ2n) is 6.75. The van der Waals surface area contributed by atoms with Crippen LogP contribution in [0.4, 0.5) is 5.69 Å². The normalized spacial score (nSPS) is 13.1. The van der Waals surface area contributed by atoms with E-state index in [-0.39, 0.29) is 5.91 Å². The first kappa shape index (κ1) is 20.9. The quantitative estimate of drug-likeness (QED) is 0.636. The maximum atomic E-state index is 12.8. The number of rotatable bonds is 5. The number of amides is 2. The standard InChI is InChI=1S/C21H19Cl2N3O3/c1-11(13-3-5-14(22)6-4-13)20(28)25-18-15-9-10-26(12(2)19(24)27)21(29)16(15)7-8-17(18)23/h3-12H,1-2H3,(H2,24,27)(H,25,28)/t11-,12+/m0/s1. The molecule has 2 aromatic carbocycles. The van der Waals surface area contributed by atoms with E-state index in [1.807, 2.05) is 0 Å². The number of hydrogen-bond acceptors (Lipinski definition) is 3. The Labute approximate surface area is 177 Å². The number of benzene rings is 2. The molecule has 2 atom stereocenters. The van der Waals surface area contributed by atoms with Crippen LogP contribution >= 0.6 is 23.2 Å². The average Bonchev–Trinajstić information content (AvgIpc) is 2.69. The van der Waals surface area contributed by atoms with Gasteiger partial charge in [0.05, 0.1) is 16.6 Å². The van der Waals surface area contributed by atoms with Crippen LogP contribution in [0.5, 0.6) is 0 Å². The highest BCUT2D eigenvalue weighted by molar-refractivity contribution is 6.35. The lowest BCUT2D eigenvalue weighted by Crippen LogP contribution is -2.31. The first-order valence-corrected chi connectivity index (χ1v) is 9.65. The summed E-state index contributed by atoms with van der Waals surface area (Å²) < 4.78 is 1.25. The lowest BCUT2D eigenvalue weighted by molar-refractivity contribution is -0.120. The van der Waals surface area contributed by atoms with Gasteiger partial charge in [-0.1, -0.05) is 35.3 Å². The third-order valence-electron chi connectivity index (χ3n) is 4.90. The number of carbonyl (C=O) groups excluding carboxylic acids is 2. The topological polar surface area (TPSA) is 94.2 Å². The van der Waals surface area contributed by atoms with Crippen LogP contribution in [0.2, 0.25) is 10.0 Å². The number of nitrogens with one attached hydrogen (secondary N) is 1. The van der Waals surface area contributed by atoms with Crippen molar-refractivity contribution in [3.05, 3.63) is 74.6 Å². The molecule has 0 saturated heterocycles. The van der Waals surface area contributed by atoms with Gasteiger partial charge in [-0.3, -0.25) is 14.4 Å². The van der Waals surface area contributed by atoms with Gasteiger partial charge in [0, 0.05) is 22.0 Å². The third-order valence-corrected chi connectivity index (χ3v) is 5.47. The molecule has 3 N–H and O–H groups in total. The monoisotopic (exact) mass is 431 g/mol. The molecule has 0 unspecified atom stereocenters. The second-order valence-corrected chi connectivity index (χ2v) is 7.60. The van der Waals surface area contributed by atoms with Crippen LogP contribution in [0, 0.1) is 0 Å². The summed E-state index contributed by atoms with van der Waals surface area (Å²) in [6, 6.07) is 10.9. The van der Waals surface area contributed by atoms with Crippen molar-refractivity contribution in [2.24, 2.45) is 5.73 Å². The van der Waals surface area contributed by atoms with Gasteiger partial charge in [0.25, 0.3) is 5.56 Å². The largest absolute Gasteiger partial charge is 0.368 e. The first-order chi connectivity index (χ1) is 13.7. The van der Waals surface area contributed by atoms with E-state index in [1.165, 1.54) is 16.8 Å². The molecule has 3 aromatic rings. The smallest absolute Gasteiger partial charge is 0.259 e. The minimum atomic E-state index is -0.800. The van der Waals surface area contributed by atoms with Gasteiger partial charge in [0.15, 0.2) is 0 Å². The molecule has 0 aliphatic carbocycles. The Hall–Kier alpha value is -2.83. The van der Waals surface area contributed by atoms with E-state index in [2.05, 4.69) is 5.32 Å². The van der Waals surface area contributed by atoms with E-state index in [4.69, 9.17) is 28.9 Å². The number of nitrogens with zero attached hydrogens (tertiary/aromatic N) is 1. The fourth-order valence-corrected chi connectivity index (χ4v) is 3.36. The maximum absolute atomic E-state index is 12.8. The van der Waals surface area contributed by atoms with Gasteiger partial charge < -0.3 is 15.6 Å². The molecule has 1 aromatic heterocycles. The molecule has 0 saturated carbocycles. The predicted molar refractivity (Wildman–Crippen MR) is 116 cm³/mol. The Morgan fingerprint density at radius 2 is 1.66 bits per heavy atom. The number of primary amides is 1. The molecular weight excluding hydrogens is 413 g/mol. The van der Waals surface area contributed by atoms with E-state index in [1.54, 1.807) is 50.2 Å². The van der Waals surface area contributed by atoms with Crippen molar-refractivity contribution in [1.82, 2.24) is 4.57 Å². The molecule has 0 fully saturated rings. The summed E-state index contributed by atoms with van der Waals surface area (Å²) in [6.45, 7) is 3.31. The second kappa shape index (κ2) is 8.27. The zero-order chi connectivity index (χ0) is 21.3. The van der Waals surface area contributed by atoms with E-state index >= 15 is 0 Å². The summed E-state index contributed by atoms with van der Waals surface area (Å²) in [5, 5.41) is 4.50. The third kappa shape index (κ3) is 4.13. The number of anilines is 1. The molecule has 0 spiro atoms. The van der Waals surface area contributed by atoms with Crippen LogP contribution in [0.1, 0.15) is 31.4 Å². The lowest BCUT2D eigenvalue weighted by Gasteiger charge is -2.17. The number of aromatic nitrogens is 1. The fraction of sp³-hybridized carbons (Fsp3) is 0.190. The van der Waals surface area contributed by atoms with Crippen LogP contribution in [-0.4, -0.2) is 16.4 Å². The molecule has 3 rings (SSSR count). The maximum Gasteiger partial charge on any atom is 0.259 e. The van der Waals surface area contributed by atoms with Gasteiger partial charge >= 0.3 is 0 Å². The molecule has 29 heavy (non-hydrogen) atoms. The number of carbonyl (C=O) groups is 2. The van der Waals surface area contributed by atoms with Crippen LogP contribution in [0.3, 0.4) is 0 Å². The highest BCUT2D eigenvalue weighted by Gasteiger charge is 2.20. The van der Waals surface area contributed by atoms with Crippen molar-refractivity contribution < 1.29 is 9.59 Å². The van der Waals surface area contributed by atoms with Crippen molar-refractivity contribution >= 4 is 51.5 Å². The van der Waals surface area contributed by atoms with E-state index < -0.39 is 23.4 Å². The minimum Gasteiger partial charge on any atom is -0.368 e. The highest BCUT2D eigenvalue weighted by Crippen LogP contribution is 2.31. The molecule has 0 aliphatic rings. The molecule has 2 amide bonds. The van der Waals surface area contributed by atoms with Gasteiger partial charge in [-0.05, 0) is 49.7 Å². The van der Waals surface area contributed by atoms with Crippen LogP contribution in [0.25, 0.3) is 10.8 Å². The van der Waals surface area contributed by atoms with Gasteiger partial charge in [0.1, 0.15) is 6.04 Å². The predicted octanol–water partition coefficient (Wildman–Crippen LogP) is 4.10. The summed E-state index contributed by atoms with van der Waals surface area (Å²) >= 11 is 12.2. The SMILES string of the molecule is C[C@H](C(=O)Nc1c(Cl)ccc2c(=O)n([C@H](C)C(N)=O)ccc12)c1ccc(Cl)cc1. The number of fused-ring (bicyclic) bond motifs is 1. The molecule has 0 bridgehead atoms. The van der Waals surface area contributed by atoms with Crippen LogP contribution < -0.4 is 16.6 Å². The molecule has 0 radical (unpaired) electrons. The molecule has 150 valence electrons. The number of nitrogens with two attached hydrogens (primary N) is 1. The molecule has 6 nitrogen and oxygen atoms in total. The molecule has 0 aliphatic heterocycles. The van der Waals surface area contributed by atoms with E-state index in [9.17, 15) is 14.4 Å². The number of pyridine rings is 1. The van der Waals surface area contributed by atoms with Crippen molar-refractivity contribution in [1.29, 1.82) is 0 Å². The Morgan fingerprint density at radius 3 is 2.28 bits per heavy atom. The Kier molecular flexibility index (Phi) is 5.96. The molecule has 1 heterocycles. The van der Waals surface area contributed by atoms with Crippen molar-refractivity contribution in [2.75, 3.05) is 5.32 Å². The van der Waals surface area contributed by atoms with Crippen LogP contribution in [0.15, 0.2) is 53.5 Å². The van der Waals surface area contributed by atoms with Gasteiger partial charge in [-0.25, -0.2) is 0 Å². The Morgan fingerprint density at radius 1 is 1.00 bits per heavy atom. The van der Waals surface area contributed by atoms with Gasteiger partial charge in [-0.2, -0.15) is 0 Å². The Balaban J connectivity index is 2.00. The fourth-order valence-electron chi connectivity index (χ4n) is 3.02. The summed E-state index contributed by atoms with van der Waals surface area (Å²) in [6.07, 6.45) is 1.47. The van der Waals surface area contributed by atoms with Gasteiger partial charge in [0.2, 0.25) is 11.8 Å². The zero-order valence-electron chi connectivity index (χ0n) is 15.8. The van der Waals surface area contributed by atoms with Crippen molar-refractivity contribution in [3.63, 3.8) is 0 Å². The number of halogens is 2. The highest BCUT2D eigenvalue weighted by atomic mass is 35.5. The summed E-state index contributed by atoms with van der Waals surface area (Å²) in [5.74, 6) is -1.36. The molecule has 8 heteroatoms. The summed E-state index contributed by atoms with van der Waals surface area (Å²) in [7, 11) is 0. The first-order valence-electron chi connectivity index (χ1n) is 8.89. The minimum absolute atomic E-state index is 0.281. The summed E-state index contributed by atoms with van der Waals surface area (Å²) in [5.41, 5.74) is 6.05. The number of hydrogen-bond donors (Lipinski definition) is 2. The van der Waals surface area contributed by atoms with Crippen molar-refractivity contribution in [3.8, 4) is 0 Å². The van der Waals surface area contributed by atoms with Crippen LogP contribution in [-0.2, 0) is 9.59 Å². The average molecular weight is 432 g/mol. The Bertz CT molecular complexity index is 1160. The summed E-state index contributed by atoms with van der Waals surface area (Å²) in [4.78, 5) is 37.1.